The second-order valence-electron chi connectivity index (χ2n) is 3.64. The minimum Gasteiger partial charge on any atom is -0.311 e. The van der Waals surface area contributed by atoms with Gasteiger partial charge in [0.15, 0.2) is 0 Å². The maximum Gasteiger partial charge on any atom is 0.107 e. The molecule has 0 aromatic carbocycles. The highest BCUT2D eigenvalue weighted by Gasteiger charge is 2.04. The van der Waals surface area contributed by atoms with Crippen molar-refractivity contribution in [3.05, 3.63) is 34.0 Å². The largest absolute Gasteiger partial charge is 0.311 e. The van der Waals surface area contributed by atoms with E-state index in [-0.39, 0.29) is 0 Å². The van der Waals surface area contributed by atoms with Crippen LogP contribution >= 0.6 is 11.3 Å². The predicted molar refractivity (Wildman–Crippen MR) is 65.6 cm³/mol. The molecule has 0 spiro atoms. The molecule has 4 nitrogen and oxygen atoms in total. The van der Waals surface area contributed by atoms with E-state index in [0.717, 1.165) is 30.3 Å². The average Bonchev–Trinajstić information content (AvgIpc) is 2.87. The molecule has 0 unspecified atom stereocenters. The Morgan fingerprint density at radius 1 is 1.50 bits per heavy atom. The normalized spacial score (nSPS) is 10.9. The van der Waals surface area contributed by atoms with Crippen LogP contribution in [-0.4, -0.2) is 21.3 Å². The van der Waals surface area contributed by atoms with Crippen molar-refractivity contribution in [2.45, 2.75) is 26.9 Å². The number of rotatable bonds is 5. The molecule has 2 rings (SSSR count). The standard InChI is InChI=1S/C11H16N4S/c1-3-12-6-11-14-10(8-16-11)7-15-9(2)4-5-13-15/h4-5,8,12H,3,6-7H2,1-2H3. The van der Waals surface area contributed by atoms with Gasteiger partial charge in [-0.05, 0) is 19.5 Å². The van der Waals surface area contributed by atoms with Crippen LogP contribution in [0.15, 0.2) is 17.6 Å². The fourth-order valence-corrected chi connectivity index (χ4v) is 2.21. The molecule has 0 aliphatic heterocycles. The van der Waals surface area contributed by atoms with Crippen molar-refractivity contribution >= 4 is 11.3 Å². The monoisotopic (exact) mass is 236 g/mol. The fourth-order valence-electron chi connectivity index (χ4n) is 1.45. The summed E-state index contributed by atoms with van der Waals surface area (Å²) >= 11 is 1.70. The maximum atomic E-state index is 4.56. The van der Waals surface area contributed by atoms with E-state index in [1.54, 1.807) is 11.3 Å². The van der Waals surface area contributed by atoms with Gasteiger partial charge in [-0.15, -0.1) is 11.3 Å². The number of hydrogen-bond donors (Lipinski definition) is 1. The van der Waals surface area contributed by atoms with E-state index in [1.165, 1.54) is 5.69 Å². The van der Waals surface area contributed by atoms with E-state index < -0.39 is 0 Å². The highest BCUT2D eigenvalue weighted by Crippen LogP contribution is 2.11. The maximum absolute atomic E-state index is 4.56. The van der Waals surface area contributed by atoms with Gasteiger partial charge in [0.1, 0.15) is 5.01 Å². The quantitative estimate of drug-likeness (QED) is 0.861. The molecule has 2 heterocycles. The van der Waals surface area contributed by atoms with Crippen LogP contribution in [-0.2, 0) is 13.1 Å². The van der Waals surface area contributed by atoms with Gasteiger partial charge in [-0.25, -0.2) is 4.98 Å². The van der Waals surface area contributed by atoms with Gasteiger partial charge in [0, 0.05) is 23.8 Å². The average molecular weight is 236 g/mol. The summed E-state index contributed by atoms with van der Waals surface area (Å²) in [7, 11) is 0. The lowest BCUT2D eigenvalue weighted by Gasteiger charge is -2.00. The SMILES string of the molecule is CCNCc1nc(Cn2nccc2C)cs1. The minimum absolute atomic E-state index is 0.765. The summed E-state index contributed by atoms with van der Waals surface area (Å²) in [5, 5.41) is 10.8. The fraction of sp³-hybridized carbons (Fsp3) is 0.455. The lowest BCUT2D eigenvalue weighted by atomic mass is 10.4. The first-order chi connectivity index (χ1) is 7.79. The van der Waals surface area contributed by atoms with E-state index in [2.05, 4.69) is 34.6 Å². The van der Waals surface area contributed by atoms with Crippen molar-refractivity contribution in [2.75, 3.05) is 6.54 Å². The second kappa shape index (κ2) is 5.23. The molecule has 0 radical (unpaired) electrons. The third-order valence-corrected chi connectivity index (χ3v) is 3.26. The first-order valence-corrected chi connectivity index (χ1v) is 6.30. The van der Waals surface area contributed by atoms with Crippen LogP contribution in [0, 0.1) is 6.92 Å². The Labute approximate surface area is 99.3 Å². The molecule has 0 fully saturated rings. The zero-order valence-electron chi connectivity index (χ0n) is 9.60. The van der Waals surface area contributed by atoms with Gasteiger partial charge in [-0.1, -0.05) is 6.92 Å². The zero-order valence-corrected chi connectivity index (χ0v) is 10.4. The van der Waals surface area contributed by atoms with E-state index in [0.29, 0.717) is 0 Å². The number of nitrogens with zero attached hydrogens (tertiary/aromatic N) is 3. The number of hydrogen-bond acceptors (Lipinski definition) is 4. The third-order valence-electron chi connectivity index (χ3n) is 2.37. The molecule has 2 aromatic heterocycles. The Balaban J connectivity index is 2.00. The Bertz CT molecular complexity index is 446. The number of aromatic nitrogens is 3. The molecule has 0 aliphatic carbocycles. The van der Waals surface area contributed by atoms with Gasteiger partial charge in [-0.3, -0.25) is 4.68 Å². The Hall–Kier alpha value is -1.20. The van der Waals surface area contributed by atoms with E-state index in [9.17, 15) is 0 Å². The molecule has 0 saturated heterocycles. The Morgan fingerprint density at radius 2 is 2.38 bits per heavy atom. The summed E-state index contributed by atoms with van der Waals surface area (Å²) in [5.74, 6) is 0. The van der Waals surface area contributed by atoms with Crippen LogP contribution in [0.25, 0.3) is 0 Å². The van der Waals surface area contributed by atoms with E-state index in [1.807, 2.05) is 16.9 Å². The van der Waals surface area contributed by atoms with Crippen LogP contribution < -0.4 is 5.32 Å². The summed E-state index contributed by atoms with van der Waals surface area (Å²) < 4.78 is 1.96. The molecular formula is C11H16N4S. The van der Waals surface area contributed by atoms with Crippen LogP contribution in [0.5, 0.6) is 0 Å². The molecule has 5 heteroatoms. The highest BCUT2D eigenvalue weighted by molar-refractivity contribution is 7.09. The topological polar surface area (TPSA) is 42.7 Å². The van der Waals surface area contributed by atoms with Crippen molar-refractivity contribution in [3.63, 3.8) is 0 Å². The Morgan fingerprint density at radius 3 is 3.06 bits per heavy atom. The first kappa shape index (κ1) is 11.3. The van der Waals surface area contributed by atoms with E-state index >= 15 is 0 Å². The lowest BCUT2D eigenvalue weighted by molar-refractivity contribution is 0.650. The van der Waals surface area contributed by atoms with Gasteiger partial charge < -0.3 is 5.32 Å². The highest BCUT2D eigenvalue weighted by atomic mass is 32.1. The molecule has 0 aliphatic rings. The summed E-state index contributed by atoms with van der Waals surface area (Å²) in [6, 6.07) is 2.01. The molecule has 2 aromatic rings. The van der Waals surface area contributed by atoms with Crippen molar-refractivity contribution in [1.29, 1.82) is 0 Å². The first-order valence-electron chi connectivity index (χ1n) is 5.42. The molecule has 0 amide bonds. The van der Waals surface area contributed by atoms with Crippen LogP contribution in [0.1, 0.15) is 23.3 Å². The molecule has 16 heavy (non-hydrogen) atoms. The molecular weight excluding hydrogens is 220 g/mol. The Kier molecular flexibility index (Phi) is 3.69. The number of thiazole rings is 1. The van der Waals surface area contributed by atoms with Crippen LogP contribution in [0.3, 0.4) is 0 Å². The molecule has 1 N–H and O–H groups in total. The van der Waals surface area contributed by atoms with Gasteiger partial charge in [0.25, 0.3) is 0 Å². The molecule has 0 saturated carbocycles. The van der Waals surface area contributed by atoms with Gasteiger partial charge in [0.2, 0.25) is 0 Å². The van der Waals surface area contributed by atoms with Crippen molar-refractivity contribution in [2.24, 2.45) is 0 Å². The van der Waals surface area contributed by atoms with E-state index in [4.69, 9.17) is 0 Å². The second-order valence-corrected chi connectivity index (χ2v) is 4.59. The smallest absolute Gasteiger partial charge is 0.107 e. The third kappa shape index (κ3) is 2.68. The number of nitrogens with one attached hydrogen (secondary N) is 1. The zero-order chi connectivity index (χ0) is 11.4. The molecule has 86 valence electrons. The van der Waals surface area contributed by atoms with Gasteiger partial charge >= 0.3 is 0 Å². The predicted octanol–water partition coefficient (Wildman–Crippen LogP) is 1.81. The summed E-state index contributed by atoms with van der Waals surface area (Å²) in [4.78, 5) is 4.56. The molecule has 0 bridgehead atoms. The summed E-state index contributed by atoms with van der Waals surface area (Å²) in [6.45, 7) is 6.76. The van der Waals surface area contributed by atoms with Crippen LogP contribution in [0.4, 0.5) is 0 Å². The number of aryl methyl sites for hydroxylation is 1. The van der Waals surface area contributed by atoms with Crippen molar-refractivity contribution in [3.8, 4) is 0 Å². The minimum atomic E-state index is 0.765. The van der Waals surface area contributed by atoms with Gasteiger partial charge in [-0.2, -0.15) is 5.10 Å². The van der Waals surface area contributed by atoms with Crippen LogP contribution in [0.2, 0.25) is 0 Å². The molecule has 0 atom stereocenters. The summed E-state index contributed by atoms with van der Waals surface area (Å²) in [6.07, 6.45) is 1.82. The lowest BCUT2D eigenvalue weighted by Crippen LogP contribution is -2.11. The van der Waals surface area contributed by atoms with Crippen molar-refractivity contribution < 1.29 is 0 Å². The van der Waals surface area contributed by atoms with Gasteiger partial charge in [0.05, 0.1) is 12.2 Å². The summed E-state index contributed by atoms with van der Waals surface area (Å²) in [5.41, 5.74) is 2.26. The van der Waals surface area contributed by atoms with Crippen molar-refractivity contribution in [1.82, 2.24) is 20.1 Å².